The molecule has 0 saturated carbocycles. The molecule has 144 valence electrons. The number of ether oxygens (including phenoxy) is 3. The molecular weight excluding hydrogens is 374 g/mol. The summed E-state index contributed by atoms with van der Waals surface area (Å²) in [5, 5.41) is 5.15. The Morgan fingerprint density at radius 2 is 1.68 bits per heavy atom. The van der Waals surface area contributed by atoms with Crippen molar-refractivity contribution in [1.29, 1.82) is 0 Å². The van der Waals surface area contributed by atoms with Crippen molar-refractivity contribution in [1.82, 2.24) is 0 Å². The molecule has 4 rings (SSSR count). The number of fused-ring (bicyclic) bond motifs is 1. The average molecular weight is 395 g/mol. The zero-order valence-electron chi connectivity index (χ0n) is 15.9. The van der Waals surface area contributed by atoms with Crippen LogP contribution in [-0.2, 0) is 4.79 Å². The highest BCUT2D eigenvalue weighted by Gasteiger charge is 2.31. The van der Waals surface area contributed by atoms with E-state index in [4.69, 9.17) is 14.2 Å². The molecule has 2 heterocycles. The van der Waals surface area contributed by atoms with Crippen LogP contribution < -0.4 is 19.5 Å². The molecule has 1 aliphatic heterocycles. The van der Waals surface area contributed by atoms with Gasteiger partial charge >= 0.3 is 0 Å². The predicted molar refractivity (Wildman–Crippen MR) is 111 cm³/mol. The van der Waals surface area contributed by atoms with Crippen LogP contribution in [0.5, 0.6) is 17.2 Å². The molecule has 0 radical (unpaired) electrons. The highest BCUT2D eigenvalue weighted by molar-refractivity contribution is 7.11. The molecule has 0 bridgehead atoms. The van der Waals surface area contributed by atoms with Gasteiger partial charge in [0.25, 0.3) is 0 Å². The summed E-state index contributed by atoms with van der Waals surface area (Å²) in [6.45, 7) is 0. The summed E-state index contributed by atoms with van der Waals surface area (Å²) < 4.78 is 16.3. The summed E-state index contributed by atoms with van der Waals surface area (Å²) in [6.07, 6.45) is 0.397. The fourth-order valence-corrected chi connectivity index (χ4v) is 4.78. The monoisotopic (exact) mass is 395 g/mol. The zero-order valence-corrected chi connectivity index (χ0v) is 16.8. The summed E-state index contributed by atoms with van der Waals surface area (Å²) in [7, 11) is 4.89. The van der Waals surface area contributed by atoms with E-state index in [1.165, 1.54) is 0 Å². The van der Waals surface area contributed by atoms with Gasteiger partial charge in [-0.3, -0.25) is 4.79 Å². The Hall–Kier alpha value is -2.99. The Bertz CT molecular complexity index is 1030. The van der Waals surface area contributed by atoms with Gasteiger partial charge in [0.1, 0.15) is 5.75 Å². The second-order valence-electron chi connectivity index (χ2n) is 6.51. The molecule has 1 aliphatic rings. The zero-order chi connectivity index (χ0) is 19.7. The van der Waals surface area contributed by atoms with Gasteiger partial charge in [-0.2, -0.15) is 0 Å². The van der Waals surface area contributed by atoms with Crippen molar-refractivity contribution in [3.63, 3.8) is 0 Å². The van der Waals surface area contributed by atoms with E-state index in [1.807, 2.05) is 42.5 Å². The van der Waals surface area contributed by atoms with Crippen molar-refractivity contribution < 1.29 is 19.0 Å². The standard InChI is InChI=1S/C22H21NO4S/c1-25-17-7-5-4-6-14(17)16-12-28-22-15(11-20(24)23-21(16)22)13-8-9-18(26-2)19(10-13)27-3/h4-10,12,15H,11H2,1-3H3,(H,23,24). The van der Waals surface area contributed by atoms with Gasteiger partial charge in [-0.1, -0.05) is 24.3 Å². The van der Waals surface area contributed by atoms with E-state index in [-0.39, 0.29) is 11.8 Å². The van der Waals surface area contributed by atoms with Crippen LogP contribution in [0, 0.1) is 0 Å². The Labute approximate surface area is 167 Å². The molecule has 0 aliphatic carbocycles. The normalized spacial score (nSPS) is 15.5. The van der Waals surface area contributed by atoms with Crippen molar-refractivity contribution in [2.45, 2.75) is 12.3 Å². The second kappa shape index (κ2) is 7.56. The lowest BCUT2D eigenvalue weighted by atomic mass is 9.89. The number of anilines is 1. The van der Waals surface area contributed by atoms with E-state index >= 15 is 0 Å². The van der Waals surface area contributed by atoms with Gasteiger partial charge in [-0.15, -0.1) is 11.3 Å². The SMILES string of the molecule is COc1ccc(C2CC(=O)Nc3c(-c4ccccc4OC)csc32)cc1OC. The van der Waals surface area contributed by atoms with Crippen LogP contribution >= 0.6 is 11.3 Å². The number of amides is 1. The van der Waals surface area contributed by atoms with Gasteiger partial charge in [0, 0.05) is 33.7 Å². The van der Waals surface area contributed by atoms with E-state index in [1.54, 1.807) is 32.7 Å². The lowest BCUT2D eigenvalue weighted by Gasteiger charge is -2.24. The van der Waals surface area contributed by atoms with Crippen LogP contribution in [0.4, 0.5) is 5.69 Å². The minimum absolute atomic E-state index is 0.00170. The molecule has 6 heteroatoms. The van der Waals surface area contributed by atoms with E-state index < -0.39 is 0 Å². The summed E-state index contributed by atoms with van der Waals surface area (Å²) >= 11 is 1.65. The molecule has 2 aromatic carbocycles. The summed E-state index contributed by atoms with van der Waals surface area (Å²) in [5.41, 5.74) is 3.85. The third-order valence-corrected chi connectivity index (χ3v) is 6.09. The number of para-hydroxylation sites is 1. The molecule has 1 atom stereocenters. The number of rotatable bonds is 5. The Morgan fingerprint density at radius 3 is 2.43 bits per heavy atom. The number of hydrogen-bond acceptors (Lipinski definition) is 5. The summed E-state index contributed by atoms with van der Waals surface area (Å²) in [4.78, 5) is 13.7. The molecule has 1 aromatic heterocycles. The van der Waals surface area contributed by atoms with Crippen molar-refractivity contribution in [3.05, 3.63) is 58.3 Å². The molecule has 28 heavy (non-hydrogen) atoms. The maximum atomic E-state index is 12.5. The van der Waals surface area contributed by atoms with Crippen molar-refractivity contribution in [2.75, 3.05) is 26.6 Å². The van der Waals surface area contributed by atoms with Gasteiger partial charge in [-0.25, -0.2) is 0 Å². The number of methoxy groups -OCH3 is 3. The molecule has 3 aromatic rings. The van der Waals surface area contributed by atoms with E-state index in [9.17, 15) is 4.79 Å². The number of nitrogens with one attached hydrogen (secondary N) is 1. The van der Waals surface area contributed by atoms with Crippen LogP contribution in [0.15, 0.2) is 47.8 Å². The lowest BCUT2D eigenvalue weighted by Crippen LogP contribution is -2.22. The first kappa shape index (κ1) is 18.4. The van der Waals surface area contributed by atoms with Gasteiger partial charge in [-0.05, 0) is 23.8 Å². The van der Waals surface area contributed by atoms with Gasteiger partial charge in [0.15, 0.2) is 11.5 Å². The van der Waals surface area contributed by atoms with Crippen LogP contribution in [0.1, 0.15) is 22.8 Å². The van der Waals surface area contributed by atoms with Crippen molar-refractivity contribution >= 4 is 22.9 Å². The number of carbonyl (C=O) groups excluding carboxylic acids is 1. The number of benzene rings is 2. The largest absolute Gasteiger partial charge is 0.496 e. The summed E-state index contributed by atoms with van der Waals surface area (Å²) in [5.74, 6) is 2.09. The first-order valence-electron chi connectivity index (χ1n) is 8.92. The average Bonchev–Trinajstić information content (AvgIpc) is 3.16. The first-order valence-corrected chi connectivity index (χ1v) is 9.80. The smallest absolute Gasteiger partial charge is 0.225 e. The molecule has 0 spiro atoms. The van der Waals surface area contributed by atoms with E-state index in [2.05, 4.69) is 10.7 Å². The van der Waals surface area contributed by atoms with Crippen LogP contribution in [0.2, 0.25) is 0 Å². The number of hydrogen-bond donors (Lipinski definition) is 1. The fourth-order valence-electron chi connectivity index (χ4n) is 3.63. The lowest BCUT2D eigenvalue weighted by molar-refractivity contribution is -0.116. The highest BCUT2D eigenvalue weighted by atomic mass is 32.1. The fraction of sp³-hybridized carbons (Fsp3) is 0.227. The molecule has 0 fully saturated rings. The van der Waals surface area contributed by atoms with E-state index in [0.29, 0.717) is 17.9 Å². The minimum Gasteiger partial charge on any atom is -0.496 e. The maximum absolute atomic E-state index is 12.5. The van der Waals surface area contributed by atoms with E-state index in [0.717, 1.165) is 33.0 Å². The van der Waals surface area contributed by atoms with Gasteiger partial charge < -0.3 is 19.5 Å². The maximum Gasteiger partial charge on any atom is 0.225 e. The van der Waals surface area contributed by atoms with Crippen molar-refractivity contribution in [2.24, 2.45) is 0 Å². The molecule has 1 unspecified atom stereocenters. The van der Waals surface area contributed by atoms with Gasteiger partial charge in [0.2, 0.25) is 5.91 Å². The molecular formula is C22H21NO4S. The van der Waals surface area contributed by atoms with Crippen molar-refractivity contribution in [3.8, 4) is 28.4 Å². The predicted octanol–water partition coefficient (Wildman–Crippen LogP) is 4.92. The Morgan fingerprint density at radius 1 is 0.929 bits per heavy atom. The number of carbonyl (C=O) groups is 1. The first-order chi connectivity index (χ1) is 13.7. The van der Waals surface area contributed by atoms with Crippen LogP contribution in [0.3, 0.4) is 0 Å². The third-order valence-electron chi connectivity index (χ3n) is 5.00. The third kappa shape index (κ3) is 3.10. The summed E-state index contributed by atoms with van der Waals surface area (Å²) in [6, 6.07) is 13.7. The van der Waals surface area contributed by atoms with Gasteiger partial charge in [0.05, 0.1) is 27.0 Å². The Kier molecular flexibility index (Phi) is 4.96. The molecule has 0 saturated heterocycles. The topological polar surface area (TPSA) is 56.8 Å². The van der Waals surface area contributed by atoms with Crippen LogP contribution in [0.25, 0.3) is 11.1 Å². The Balaban J connectivity index is 1.81. The minimum atomic E-state index is -0.0305. The molecule has 1 amide bonds. The second-order valence-corrected chi connectivity index (χ2v) is 7.42. The quantitative estimate of drug-likeness (QED) is 0.667. The number of thiophene rings is 1. The molecule has 1 N–H and O–H groups in total. The molecule has 5 nitrogen and oxygen atoms in total. The van der Waals surface area contributed by atoms with Crippen LogP contribution in [-0.4, -0.2) is 27.2 Å². The highest BCUT2D eigenvalue weighted by Crippen LogP contribution is 2.49.